The van der Waals surface area contributed by atoms with Crippen LogP contribution in [0.4, 0.5) is 5.69 Å². The molecule has 2 heterocycles. The van der Waals surface area contributed by atoms with Crippen molar-refractivity contribution in [3.05, 3.63) is 52.2 Å². The van der Waals surface area contributed by atoms with Gasteiger partial charge in [-0.2, -0.15) is 0 Å². The average molecular weight is 314 g/mol. The fourth-order valence-corrected chi connectivity index (χ4v) is 3.47. The van der Waals surface area contributed by atoms with E-state index >= 15 is 0 Å². The third-order valence-electron chi connectivity index (χ3n) is 3.80. The topological polar surface area (TPSA) is 49.4 Å². The molecule has 3 rings (SSSR count). The van der Waals surface area contributed by atoms with Crippen LogP contribution in [0.2, 0.25) is 0 Å². The first kappa shape index (κ1) is 14.8. The van der Waals surface area contributed by atoms with Crippen LogP contribution in [-0.4, -0.2) is 18.4 Å². The molecule has 1 N–H and O–H groups in total. The Balaban J connectivity index is 1.59. The molecular formula is C17H18N2O2S. The Morgan fingerprint density at radius 3 is 2.73 bits per heavy atom. The summed E-state index contributed by atoms with van der Waals surface area (Å²) in [5.41, 5.74) is 0.858. The first-order valence-corrected chi connectivity index (χ1v) is 8.13. The van der Waals surface area contributed by atoms with Crippen LogP contribution < -0.4 is 10.2 Å². The van der Waals surface area contributed by atoms with Crippen molar-refractivity contribution in [3.8, 4) is 0 Å². The zero-order valence-electron chi connectivity index (χ0n) is 12.4. The van der Waals surface area contributed by atoms with Gasteiger partial charge in [-0.15, -0.1) is 11.3 Å². The van der Waals surface area contributed by atoms with Crippen LogP contribution in [0.25, 0.3) is 0 Å². The number of aryl methyl sites for hydroxylation is 1. The molecule has 4 nitrogen and oxygen atoms in total. The van der Waals surface area contributed by atoms with E-state index in [9.17, 15) is 9.59 Å². The number of carbonyl (C=O) groups is 2. The van der Waals surface area contributed by atoms with Crippen molar-refractivity contribution < 1.29 is 9.59 Å². The Morgan fingerprint density at radius 2 is 2.05 bits per heavy atom. The second kappa shape index (κ2) is 6.32. The summed E-state index contributed by atoms with van der Waals surface area (Å²) in [5, 5.41) is 2.94. The second-order valence-corrected chi connectivity index (χ2v) is 6.84. The van der Waals surface area contributed by atoms with Crippen molar-refractivity contribution in [2.24, 2.45) is 5.92 Å². The van der Waals surface area contributed by atoms with Gasteiger partial charge in [0, 0.05) is 28.4 Å². The van der Waals surface area contributed by atoms with E-state index in [-0.39, 0.29) is 24.2 Å². The maximum absolute atomic E-state index is 12.3. The molecule has 1 atom stereocenters. The maximum atomic E-state index is 12.3. The van der Waals surface area contributed by atoms with Gasteiger partial charge >= 0.3 is 0 Å². The molecule has 5 heteroatoms. The van der Waals surface area contributed by atoms with Gasteiger partial charge < -0.3 is 10.2 Å². The monoisotopic (exact) mass is 314 g/mol. The minimum absolute atomic E-state index is 0.0123. The van der Waals surface area contributed by atoms with Crippen LogP contribution in [0.15, 0.2) is 42.5 Å². The van der Waals surface area contributed by atoms with Crippen LogP contribution >= 0.6 is 11.3 Å². The molecule has 1 aromatic carbocycles. The van der Waals surface area contributed by atoms with Crippen molar-refractivity contribution in [2.45, 2.75) is 19.9 Å². The number of carbonyl (C=O) groups excluding carboxylic acids is 2. The standard InChI is InChI=1S/C17H18N2O2S/c1-12-7-8-15(22-12)10-18-17(21)13-9-16(20)19(11-13)14-5-3-2-4-6-14/h2-8,13H,9-11H2,1H3,(H,18,21). The summed E-state index contributed by atoms with van der Waals surface area (Å²) >= 11 is 1.68. The molecule has 1 aromatic heterocycles. The number of thiophene rings is 1. The van der Waals surface area contributed by atoms with Gasteiger partial charge in [0.1, 0.15) is 0 Å². The number of hydrogen-bond acceptors (Lipinski definition) is 3. The normalized spacial score (nSPS) is 17.8. The molecule has 22 heavy (non-hydrogen) atoms. The molecule has 0 radical (unpaired) electrons. The van der Waals surface area contributed by atoms with Crippen LogP contribution in [-0.2, 0) is 16.1 Å². The van der Waals surface area contributed by atoms with E-state index in [1.54, 1.807) is 16.2 Å². The Hall–Kier alpha value is -2.14. The van der Waals surface area contributed by atoms with Gasteiger partial charge in [-0.3, -0.25) is 9.59 Å². The van der Waals surface area contributed by atoms with Gasteiger partial charge in [-0.25, -0.2) is 0 Å². The lowest BCUT2D eigenvalue weighted by atomic mass is 10.1. The molecule has 1 unspecified atom stereocenters. The van der Waals surface area contributed by atoms with E-state index < -0.39 is 0 Å². The highest BCUT2D eigenvalue weighted by Crippen LogP contribution is 2.25. The quantitative estimate of drug-likeness (QED) is 0.943. The smallest absolute Gasteiger partial charge is 0.227 e. The number of rotatable bonds is 4. The third-order valence-corrected chi connectivity index (χ3v) is 4.80. The molecule has 1 fully saturated rings. The average Bonchev–Trinajstić information content (AvgIpc) is 3.12. The van der Waals surface area contributed by atoms with Crippen molar-refractivity contribution in [2.75, 3.05) is 11.4 Å². The second-order valence-electron chi connectivity index (χ2n) is 5.47. The summed E-state index contributed by atoms with van der Waals surface area (Å²) in [6.45, 7) is 3.04. The number of para-hydroxylation sites is 1. The molecule has 0 spiro atoms. The molecule has 0 bridgehead atoms. The van der Waals surface area contributed by atoms with Crippen LogP contribution in [0.5, 0.6) is 0 Å². The maximum Gasteiger partial charge on any atom is 0.227 e. The number of anilines is 1. The Labute approximate surface area is 133 Å². The first-order chi connectivity index (χ1) is 10.6. The number of nitrogens with zero attached hydrogens (tertiary/aromatic N) is 1. The molecule has 0 saturated carbocycles. The van der Waals surface area contributed by atoms with Gasteiger partial charge in [-0.05, 0) is 31.2 Å². The van der Waals surface area contributed by atoms with Gasteiger partial charge in [0.25, 0.3) is 0 Å². The molecule has 0 aliphatic carbocycles. The summed E-state index contributed by atoms with van der Waals surface area (Å²) in [4.78, 5) is 28.4. The van der Waals surface area contributed by atoms with Crippen LogP contribution in [0, 0.1) is 12.8 Å². The summed E-state index contributed by atoms with van der Waals surface area (Å²) < 4.78 is 0. The highest BCUT2D eigenvalue weighted by molar-refractivity contribution is 7.11. The Kier molecular flexibility index (Phi) is 4.24. The minimum Gasteiger partial charge on any atom is -0.351 e. The molecule has 2 amide bonds. The summed E-state index contributed by atoms with van der Waals surface area (Å²) in [6.07, 6.45) is 0.282. The third kappa shape index (κ3) is 3.20. The Bertz CT molecular complexity index is 681. The number of hydrogen-bond donors (Lipinski definition) is 1. The van der Waals surface area contributed by atoms with Crippen molar-refractivity contribution in [3.63, 3.8) is 0 Å². The summed E-state index contributed by atoms with van der Waals surface area (Å²) in [5.74, 6) is -0.301. The van der Waals surface area contributed by atoms with E-state index in [1.165, 1.54) is 4.88 Å². The SMILES string of the molecule is Cc1ccc(CNC(=O)C2CC(=O)N(c3ccccc3)C2)s1. The number of benzene rings is 1. The van der Waals surface area contributed by atoms with Gasteiger partial charge in [0.2, 0.25) is 11.8 Å². The Morgan fingerprint density at radius 1 is 1.27 bits per heavy atom. The van der Waals surface area contributed by atoms with E-state index in [2.05, 4.69) is 5.32 Å². The lowest BCUT2D eigenvalue weighted by Gasteiger charge is -2.16. The molecular weight excluding hydrogens is 296 g/mol. The number of amides is 2. The minimum atomic E-state index is -0.270. The van der Waals surface area contributed by atoms with E-state index in [0.29, 0.717) is 13.1 Å². The zero-order chi connectivity index (χ0) is 15.5. The molecule has 1 aliphatic heterocycles. The summed E-state index contributed by atoms with van der Waals surface area (Å²) in [7, 11) is 0. The largest absolute Gasteiger partial charge is 0.351 e. The zero-order valence-corrected chi connectivity index (χ0v) is 13.2. The molecule has 2 aromatic rings. The number of nitrogens with one attached hydrogen (secondary N) is 1. The highest BCUT2D eigenvalue weighted by Gasteiger charge is 2.34. The summed E-state index contributed by atoms with van der Waals surface area (Å²) in [6, 6.07) is 13.6. The predicted octanol–water partition coefficient (Wildman–Crippen LogP) is 2.73. The van der Waals surface area contributed by atoms with E-state index in [0.717, 1.165) is 10.6 Å². The van der Waals surface area contributed by atoms with Gasteiger partial charge in [-0.1, -0.05) is 18.2 Å². The highest BCUT2D eigenvalue weighted by atomic mass is 32.1. The van der Waals surface area contributed by atoms with Crippen molar-refractivity contribution in [1.29, 1.82) is 0 Å². The first-order valence-electron chi connectivity index (χ1n) is 7.32. The molecule has 1 aliphatic rings. The molecule has 1 saturated heterocycles. The van der Waals surface area contributed by atoms with Crippen LogP contribution in [0.1, 0.15) is 16.2 Å². The fraction of sp³-hybridized carbons (Fsp3) is 0.294. The van der Waals surface area contributed by atoms with E-state index in [4.69, 9.17) is 0 Å². The lowest BCUT2D eigenvalue weighted by molar-refractivity contribution is -0.126. The van der Waals surface area contributed by atoms with Gasteiger partial charge in [0.15, 0.2) is 0 Å². The predicted molar refractivity (Wildman–Crippen MR) is 87.8 cm³/mol. The van der Waals surface area contributed by atoms with Crippen molar-refractivity contribution >= 4 is 28.8 Å². The molecule has 114 valence electrons. The van der Waals surface area contributed by atoms with Gasteiger partial charge in [0.05, 0.1) is 12.5 Å². The fourth-order valence-electron chi connectivity index (χ4n) is 2.64. The lowest BCUT2D eigenvalue weighted by Crippen LogP contribution is -2.32. The van der Waals surface area contributed by atoms with E-state index in [1.807, 2.05) is 49.4 Å². The van der Waals surface area contributed by atoms with Crippen molar-refractivity contribution in [1.82, 2.24) is 5.32 Å². The van der Waals surface area contributed by atoms with Crippen LogP contribution in [0.3, 0.4) is 0 Å².